The van der Waals surface area contributed by atoms with Crippen molar-refractivity contribution in [2.45, 2.75) is 23.8 Å². The van der Waals surface area contributed by atoms with E-state index in [2.05, 4.69) is 0 Å². The molecule has 24 heavy (non-hydrogen) atoms. The van der Waals surface area contributed by atoms with Gasteiger partial charge in [0.2, 0.25) is 0 Å². The van der Waals surface area contributed by atoms with Crippen molar-refractivity contribution in [3.8, 4) is 11.5 Å². The van der Waals surface area contributed by atoms with Crippen molar-refractivity contribution in [1.29, 1.82) is 0 Å². The third-order valence-corrected chi connectivity index (χ3v) is 5.10. The molecule has 2 atom stereocenters. The largest absolute Gasteiger partial charge is 0.611 e. The molecule has 8 heteroatoms. The molecular weight excluding hydrogens is 348 g/mol. The van der Waals surface area contributed by atoms with Crippen molar-refractivity contribution < 1.29 is 32.0 Å². The van der Waals surface area contributed by atoms with Crippen molar-refractivity contribution >= 4 is 11.2 Å². The summed E-state index contributed by atoms with van der Waals surface area (Å²) in [7, 11) is 0. The molecule has 3 rings (SSSR count). The van der Waals surface area contributed by atoms with Gasteiger partial charge in [-0.2, -0.15) is 0 Å². The van der Waals surface area contributed by atoms with Crippen LogP contribution in [0.1, 0.15) is 30.1 Å². The Morgan fingerprint density at radius 2 is 1.83 bits per heavy atom. The van der Waals surface area contributed by atoms with Crippen LogP contribution in [-0.2, 0) is 11.2 Å². The summed E-state index contributed by atoms with van der Waals surface area (Å²) in [4.78, 5) is 0.127. The number of fused-ring (bicyclic) bond motifs is 1. The number of rotatable bonds is 3. The number of aliphatic hydroxyl groups is 1. The molecule has 0 saturated carbocycles. The molecule has 1 N–H and O–H groups in total. The van der Waals surface area contributed by atoms with Crippen LogP contribution in [0.15, 0.2) is 35.2 Å². The average Bonchev–Trinajstić information content (AvgIpc) is 2.49. The summed E-state index contributed by atoms with van der Waals surface area (Å²) in [5.74, 6) is -2.29. The molecule has 0 aromatic heterocycles. The van der Waals surface area contributed by atoms with Crippen LogP contribution in [-0.4, -0.2) is 15.4 Å². The van der Waals surface area contributed by atoms with E-state index in [1.807, 2.05) is 0 Å². The Hall–Kier alpha value is -1.77. The molecule has 0 bridgehead atoms. The van der Waals surface area contributed by atoms with Gasteiger partial charge in [-0.25, -0.2) is 17.6 Å². The van der Waals surface area contributed by atoms with Gasteiger partial charge in [0.25, 0.3) is 6.43 Å². The normalized spacial score (nSPS) is 20.1. The molecule has 1 heterocycles. The number of alkyl halides is 2. The minimum absolute atomic E-state index is 0.0807. The van der Waals surface area contributed by atoms with E-state index < -0.39 is 40.9 Å². The van der Waals surface area contributed by atoms with Gasteiger partial charge in [-0.15, -0.1) is 0 Å². The first kappa shape index (κ1) is 17.1. The van der Waals surface area contributed by atoms with Gasteiger partial charge >= 0.3 is 0 Å². The zero-order valence-electron chi connectivity index (χ0n) is 12.1. The summed E-state index contributed by atoms with van der Waals surface area (Å²) in [6, 6.07) is 4.82. The van der Waals surface area contributed by atoms with E-state index in [4.69, 9.17) is 4.74 Å². The number of aliphatic hydroxyl groups excluding tert-OH is 1. The molecule has 0 radical (unpaired) electrons. The zero-order valence-corrected chi connectivity index (χ0v) is 13.0. The summed E-state index contributed by atoms with van der Waals surface area (Å²) in [6.07, 6.45) is -4.13. The minimum atomic E-state index is -3.02. The quantitative estimate of drug-likeness (QED) is 0.658. The second kappa shape index (κ2) is 6.62. The molecule has 1 aliphatic heterocycles. The summed E-state index contributed by atoms with van der Waals surface area (Å²) in [6.45, 7) is 0. The minimum Gasteiger partial charge on any atom is -0.611 e. The van der Waals surface area contributed by atoms with Crippen molar-refractivity contribution in [1.82, 2.24) is 0 Å². The lowest BCUT2D eigenvalue weighted by Gasteiger charge is -2.26. The molecule has 3 nitrogen and oxygen atoms in total. The third-order valence-electron chi connectivity index (χ3n) is 3.64. The van der Waals surface area contributed by atoms with Gasteiger partial charge in [0.1, 0.15) is 28.9 Å². The Morgan fingerprint density at radius 3 is 2.46 bits per heavy atom. The summed E-state index contributed by atoms with van der Waals surface area (Å²) < 4.78 is 70.7. The van der Waals surface area contributed by atoms with Crippen molar-refractivity contribution in [2.75, 3.05) is 5.75 Å². The van der Waals surface area contributed by atoms with Crippen LogP contribution in [0.2, 0.25) is 0 Å². The van der Waals surface area contributed by atoms with Gasteiger partial charge in [0, 0.05) is 30.2 Å². The van der Waals surface area contributed by atoms with Crippen LogP contribution in [0.3, 0.4) is 0 Å². The van der Waals surface area contributed by atoms with E-state index in [-0.39, 0.29) is 34.1 Å². The van der Waals surface area contributed by atoms with Crippen LogP contribution in [0, 0.1) is 11.6 Å². The molecule has 0 amide bonds. The number of ether oxygens (including phenoxy) is 1. The standard InChI is InChI=1S/C16H12F4O3S/c17-8-5-9(18)7-10(6-8)23-12-1-2-13-14(15(12)16(19)20)11(21)3-4-24(13)22/h1-2,5-7,11,16,21H,3-4H2. The molecule has 0 spiro atoms. The number of hydrogen-bond acceptors (Lipinski definition) is 3. The average molecular weight is 360 g/mol. The van der Waals surface area contributed by atoms with Gasteiger partial charge in [0.05, 0.1) is 11.7 Å². The monoisotopic (exact) mass is 360 g/mol. The first-order valence-electron chi connectivity index (χ1n) is 7.02. The van der Waals surface area contributed by atoms with E-state index in [1.165, 1.54) is 12.1 Å². The van der Waals surface area contributed by atoms with E-state index in [1.54, 1.807) is 0 Å². The SMILES string of the molecule is [O-][S+]1CCC(O)c2c1ccc(Oc1cc(F)cc(F)c1)c2C(F)F. The molecule has 2 aromatic carbocycles. The second-order valence-electron chi connectivity index (χ2n) is 5.25. The summed E-state index contributed by atoms with van der Waals surface area (Å²) >= 11 is -1.49. The number of benzene rings is 2. The van der Waals surface area contributed by atoms with E-state index >= 15 is 0 Å². The van der Waals surface area contributed by atoms with Crippen LogP contribution < -0.4 is 4.74 Å². The lowest BCUT2D eigenvalue weighted by molar-refractivity contribution is 0.129. The maximum atomic E-state index is 13.5. The van der Waals surface area contributed by atoms with E-state index in [0.717, 1.165) is 12.1 Å². The fourth-order valence-electron chi connectivity index (χ4n) is 2.64. The van der Waals surface area contributed by atoms with Gasteiger partial charge in [-0.3, -0.25) is 0 Å². The van der Waals surface area contributed by atoms with Crippen LogP contribution in [0.5, 0.6) is 11.5 Å². The Balaban J connectivity index is 2.10. The van der Waals surface area contributed by atoms with Gasteiger partial charge in [0.15, 0.2) is 4.90 Å². The number of hydrogen-bond donors (Lipinski definition) is 1. The summed E-state index contributed by atoms with van der Waals surface area (Å²) in [5.41, 5.74) is -0.748. The van der Waals surface area contributed by atoms with Gasteiger partial charge in [-0.1, -0.05) is 0 Å². The van der Waals surface area contributed by atoms with Crippen molar-refractivity contribution in [2.24, 2.45) is 0 Å². The highest BCUT2D eigenvalue weighted by Crippen LogP contribution is 2.44. The van der Waals surface area contributed by atoms with Gasteiger partial charge < -0.3 is 14.4 Å². The van der Waals surface area contributed by atoms with E-state index in [0.29, 0.717) is 6.07 Å². The highest BCUT2D eigenvalue weighted by molar-refractivity contribution is 7.91. The predicted molar refractivity (Wildman–Crippen MR) is 78.7 cm³/mol. The molecule has 2 unspecified atom stereocenters. The number of halogens is 4. The van der Waals surface area contributed by atoms with Crippen LogP contribution >= 0.6 is 0 Å². The first-order valence-corrected chi connectivity index (χ1v) is 8.34. The molecule has 2 aromatic rings. The molecule has 1 aliphatic rings. The highest BCUT2D eigenvalue weighted by atomic mass is 32.2. The molecular formula is C16H12F4O3S. The van der Waals surface area contributed by atoms with Crippen LogP contribution in [0.25, 0.3) is 0 Å². The van der Waals surface area contributed by atoms with Crippen molar-refractivity contribution in [3.63, 3.8) is 0 Å². The summed E-state index contributed by atoms with van der Waals surface area (Å²) in [5, 5.41) is 10.0. The second-order valence-corrected chi connectivity index (χ2v) is 6.79. The van der Waals surface area contributed by atoms with E-state index in [9.17, 15) is 27.2 Å². The maximum absolute atomic E-state index is 13.5. The molecule has 128 valence electrons. The van der Waals surface area contributed by atoms with Crippen LogP contribution in [0.4, 0.5) is 17.6 Å². The zero-order chi connectivity index (χ0) is 17.4. The molecule has 0 saturated heterocycles. The fourth-order valence-corrected chi connectivity index (χ4v) is 4.01. The van der Waals surface area contributed by atoms with Gasteiger partial charge in [-0.05, 0) is 23.3 Å². The highest BCUT2D eigenvalue weighted by Gasteiger charge is 2.35. The topological polar surface area (TPSA) is 52.5 Å². The molecule has 0 aliphatic carbocycles. The Bertz CT molecular complexity index is 749. The van der Waals surface area contributed by atoms with Crippen molar-refractivity contribution in [3.05, 3.63) is 53.1 Å². The first-order chi connectivity index (χ1) is 11.4. The Labute approximate surface area is 138 Å². The fraction of sp³-hybridized carbons (Fsp3) is 0.250. The lowest BCUT2D eigenvalue weighted by atomic mass is 9.99. The lowest BCUT2D eigenvalue weighted by Crippen LogP contribution is -2.22. The smallest absolute Gasteiger partial charge is 0.267 e. The maximum Gasteiger partial charge on any atom is 0.267 e. The predicted octanol–water partition coefficient (Wildman–Crippen LogP) is 4.24. The molecule has 0 fully saturated rings. The Kier molecular flexibility index (Phi) is 4.71. The third kappa shape index (κ3) is 3.22. The Morgan fingerprint density at radius 1 is 1.17 bits per heavy atom.